The molecule has 0 nitrogen and oxygen atoms in total. The van der Waals surface area contributed by atoms with Gasteiger partial charge in [0.25, 0.3) is 0 Å². The van der Waals surface area contributed by atoms with E-state index in [2.05, 4.69) is 27.7 Å². The Balaban J connectivity index is 1.86. The zero-order valence-corrected chi connectivity index (χ0v) is 9.59. The van der Waals surface area contributed by atoms with Crippen LogP contribution in [0, 0.1) is 35.5 Å². The lowest BCUT2D eigenvalue weighted by molar-refractivity contribution is -0.0367. The van der Waals surface area contributed by atoms with E-state index in [1.807, 2.05) is 0 Å². The lowest BCUT2D eigenvalue weighted by Crippen LogP contribution is -2.46. The maximum atomic E-state index is 2.48. The topological polar surface area (TPSA) is 0 Å². The van der Waals surface area contributed by atoms with Crippen LogP contribution in [0.4, 0.5) is 0 Å². The van der Waals surface area contributed by atoms with Crippen LogP contribution in [0.1, 0.15) is 47.0 Å². The highest BCUT2D eigenvalue weighted by Crippen LogP contribution is 2.54. The van der Waals surface area contributed by atoms with Gasteiger partial charge in [0.15, 0.2) is 0 Å². The molecule has 0 aromatic carbocycles. The summed E-state index contributed by atoms with van der Waals surface area (Å²) in [6, 6.07) is 0. The number of hydrogen-bond donors (Lipinski definition) is 0. The quantitative estimate of drug-likeness (QED) is 0.616. The molecule has 0 spiro atoms. The molecular weight excluding hydrogens is 156 g/mol. The van der Waals surface area contributed by atoms with Crippen molar-refractivity contribution in [2.24, 2.45) is 35.5 Å². The van der Waals surface area contributed by atoms with Gasteiger partial charge in [-0.3, -0.25) is 0 Å². The van der Waals surface area contributed by atoms with Gasteiger partial charge >= 0.3 is 0 Å². The van der Waals surface area contributed by atoms with Gasteiger partial charge in [0.05, 0.1) is 0 Å². The van der Waals surface area contributed by atoms with Gasteiger partial charge in [-0.1, -0.05) is 40.5 Å². The van der Waals surface area contributed by atoms with Gasteiger partial charge in [-0.15, -0.1) is 0 Å². The fourth-order valence-electron chi connectivity index (χ4n) is 3.77. The van der Waals surface area contributed by atoms with Crippen molar-refractivity contribution < 1.29 is 0 Å². The van der Waals surface area contributed by atoms with E-state index in [4.69, 9.17) is 0 Å². The van der Waals surface area contributed by atoms with Gasteiger partial charge < -0.3 is 0 Å². The van der Waals surface area contributed by atoms with E-state index in [0.29, 0.717) is 0 Å². The number of rotatable bonds is 3. The van der Waals surface area contributed by atoms with E-state index < -0.39 is 0 Å². The minimum atomic E-state index is 0.903. The van der Waals surface area contributed by atoms with Crippen molar-refractivity contribution in [1.29, 1.82) is 0 Å². The van der Waals surface area contributed by atoms with Crippen LogP contribution < -0.4 is 0 Å². The van der Waals surface area contributed by atoms with Gasteiger partial charge in [-0.25, -0.2) is 0 Å². The van der Waals surface area contributed by atoms with Crippen LogP contribution in [0.2, 0.25) is 0 Å². The van der Waals surface area contributed by atoms with Crippen LogP contribution >= 0.6 is 0 Å². The van der Waals surface area contributed by atoms with Crippen LogP contribution in [-0.2, 0) is 0 Å². The third-order valence-electron chi connectivity index (χ3n) is 4.64. The summed E-state index contributed by atoms with van der Waals surface area (Å²) in [4.78, 5) is 0. The molecule has 0 amide bonds. The van der Waals surface area contributed by atoms with Crippen molar-refractivity contribution in [3.63, 3.8) is 0 Å². The van der Waals surface area contributed by atoms with Crippen LogP contribution in [-0.4, -0.2) is 0 Å². The zero-order chi connectivity index (χ0) is 9.59. The molecule has 2 aliphatic rings. The summed E-state index contributed by atoms with van der Waals surface area (Å²) in [6.45, 7) is 9.76. The van der Waals surface area contributed by atoms with Crippen LogP contribution in [0.5, 0.6) is 0 Å². The summed E-state index contributed by atoms with van der Waals surface area (Å²) in [5.74, 6) is 6.14. The second-order valence-electron chi connectivity index (χ2n) is 5.88. The summed E-state index contributed by atoms with van der Waals surface area (Å²) in [5, 5.41) is 0. The highest BCUT2D eigenvalue weighted by Gasteiger charge is 2.47. The second-order valence-corrected chi connectivity index (χ2v) is 5.88. The third kappa shape index (κ3) is 1.65. The Bertz CT molecular complexity index is 168. The maximum Gasteiger partial charge on any atom is -0.0334 e. The third-order valence-corrected chi connectivity index (χ3v) is 4.64. The highest BCUT2D eigenvalue weighted by molar-refractivity contribution is 4.96. The number of hydrogen-bond acceptors (Lipinski definition) is 0. The lowest BCUT2D eigenvalue weighted by atomic mass is 9.53. The molecule has 2 aliphatic carbocycles. The molecular formula is C13H24. The van der Waals surface area contributed by atoms with E-state index in [0.717, 1.165) is 35.5 Å². The normalized spacial score (nSPS) is 45.0. The molecule has 0 aromatic heterocycles. The van der Waals surface area contributed by atoms with E-state index in [9.17, 15) is 0 Å². The molecule has 0 N–H and O–H groups in total. The molecule has 13 heavy (non-hydrogen) atoms. The SMILES string of the molecule is CC(C)C1C(C)C(CC2CC2)C1C. The molecule has 2 rings (SSSR count). The molecule has 2 saturated carbocycles. The minimum Gasteiger partial charge on any atom is -0.0625 e. The fraction of sp³-hybridized carbons (Fsp3) is 1.00. The van der Waals surface area contributed by atoms with Crippen molar-refractivity contribution in [3.8, 4) is 0 Å². The molecule has 2 fully saturated rings. The zero-order valence-electron chi connectivity index (χ0n) is 9.59. The van der Waals surface area contributed by atoms with Gasteiger partial charge in [0.1, 0.15) is 0 Å². The molecule has 0 radical (unpaired) electrons. The minimum absolute atomic E-state index is 0.903. The first kappa shape index (κ1) is 9.55. The molecule has 0 heteroatoms. The molecule has 0 saturated heterocycles. The maximum absolute atomic E-state index is 2.48. The average molecular weight is 180 g/mol. The smallest absolute Gasteiger partial charge is 0.0334 e. The molecule has 0 bridgehead atoms. The van der Waals surface area contributed by atoms with Gasteiger partial charge in [-0.2, -0.15) is 0 Å². The molecule has 0 heterocycles. The summed E-state index contributed by atoms with van der Waals surface area (Å²) >= 11 is 0. The van der Waals surface area contributed by atoms with E-state index in [1.54, 1.807) is 6.42 Å². The average Bonchev–Trinajstić information content (AvgIpc) is 2.83. The predicted octanol–water partition coefficient (Wildman–Crippen LogP) is 3.96. The molecule has 0 aliphatic heterocycles. The molecule has 76 valence electrons. The van der Waals surface area contributed by atoms with E-state index in [1.165, 1.54) is 12.8 Å². The largest absolute Gasteiger partial charge is 0.0625 e. The van der Waals surface area contributed by atoms with E-state index in [-0.39, 0.29) is 0 Å². The Morgan fingerprint density at radius 2 is 1.62 bits per heavy atom. The van der Waals surface area contributed by atoms with Gasteiger partial charge in [-0.05, 0) is 41.9 Å². The molecule has 2 atom stereocenters. The molecule has 0 aromatic rings. The van der Waals surface area contributed by atoms with Crippen LogP contribution in [0.3, 0.4) is 0 Å². The standard InChI is InChI=1S/C13H24/c1-8(2)13-9(3)12(10(13)4)7-11-5-6-11/h8-13H,5-7H2,1-4H3. The summed E-state index contributed by atoms with van der Waals surface area (Å²) in [6.07, 6.45) is 4.61. The van der Waals surface area contributed by atoms with Crippen molar-refractivity contribution >= 4 is 0 Å². The lowest BCUT2D eigenvalue weighted by Gasteiger charge is -2.52. The Morgan fingerprint density at radius 3 is 2.00 bits per heavy atom. The van der Waals surface area contributed by atoms with Crippen molar-refractivity contribution in [1.82, 2.24) is 0 Å². The first-order valence-corrected chi connectivity index (χ1v) is 6.11. The van der Waals surface area contributed by atoms with Crippen LogP contribution in [0.15, 0.2) is 0 Å². The summed E-state index contributed by atoms with van der Waals surface area (Å²) in [7, 11) is 0. The summed E-state index contributed by atoms with van der Waals surface area (Å²) in [5.41, 5.74) is 0. The predicted molar refractivity (Wildman–Crippen MR) is 57.5 cm³/mol. The Morgan fingerprint density at radius 1 is 1.08 bits per heavy atom. The first-order valence-electron chi connectivity index (χ1n) is 6.11. The van der Waals surface area contributed by atoms with E-state index >= 15 is 0 Å². The van der Waals surface area contributed by atoms with Crippen molar-refractivity contribution in [2.75, 3.05) is 0 Å². The fourth-order valence-corrected chi connectivity index (χ4v) is 3.77. The Kier molecular flexibility index (Phi) is 2.42. The van der Waals surface area contributed by atoms with Crippen molar-refractivity contribution in [3.05, 3.63) is 0 Å². The monoisotopic (exact) mass is 180 g/mol. The first-order chi connectivity index (χ1) is 6.11. The van der Waals surface area contributed by atoms with Crippen molar-refractivity contribution in [2.45, 2.75) is 47.0 Å². The molecule has 2 unspecified atom stereocenters. The highest BCUT2D eigenvalue weighted by atomic mass is 14.5. The van der Waals surface area contributed by atoms with Crippen LogP contribution in [0.25, 0.3) is 0 Å². The second kappa shape index (κ2) is 3.29. The van der Waals surface area contributed by atoms with Gasteiger partial charge in [0, 0.05) is 0 Å². The summed E-state index contributed by atoms with van der Waals surface area (Å²) < 4.78 is 0. The Hall–Kier alpha value is 0. The van der Waals surface area contributed by atoms with Gasteiger partial charge in [0.2, 0.25) is 0 Å². The Labute approximate surface area is 83.1 Å².